The fourth-order valence-electron chi connectivity index (χ4n) is 8.65. The van der Waals surface area contributed by atoms with Gasteiger partial charge in [-0.05, 0) is 78.2 Å². The van der Waals surface area contributed by atoms with Crippen molar-refractivity contribution in [2.45, 2.75) is 13.1 Å². The Hall–Kier alpha value is -9.50. The molecule has 0 fully saturated rings. The zero-order valence-electron chi connectivity index (χ0n) is 35.1. The van der Waals surface area contributed by atoms with Gasteiger partial charge in [0.05, 0.1) is 22.2 Å². The van der Waals surface area contributed by atoms with Crippen LogP contribution < -0.4 is 5.32 Å². The molecule has 1 atom stereocenters. The number of nitrogens with one attached hydrogen (secondary N) is 2. The Kier molecular flexibility index (Phi) is 9.69. The fourth-order valence-corrected chi connectivity index (χ4v) is 8.65. The van der Waals surface area contributed by atoms with Crippen molar-refractivity contribution >= 4 is 55.3 Å². The molecule has 332 valence electrons. The molecule has 8 aromatic carbocycles. The van der Waals surface area contributed by atoms with E-state index in [1.807, 2.05) is 79.7 Å². The lowest BCUT2D eigenvalue weighted by Crippen LogP contribution is -2.28. The second-order valence-electron chi connectivity index (χ2n) is 15.9. The third-order valence-electron chi connectivity index (χ3n) is 12.0. The number of hydrogen-bond donors (Lipinski definition) is 12. The van der Waals surface area contributed by atoms with Crippen LogP contribution in [0.15, 0.2) is 143 Å². The zero-order chi connectivity index (χ0) is 47.0. The Morgan fingerprint density at radius 2 is 1.06 bits per heavy atom. The lowest BCUT2D eigenvalue weighted by atomic mass is 9.92. The average Bonchev–Trinajstić information content (AvgIpc) is 3.89. The Morgan fingerprint density at radius 1 is 0.522 bits per heavy atom. The molecular formula is C52H38N4O11. The number of para-hydroxylation sites is 1. The van der Waals surface area contributed by atoms with Crippen molar-refractivity contribution in [1.82, 2.24) is 9.88 Å². The second-order valence-corrected chi connectivity index (χ2v) is 15.9. The van der Waals surface area contributed by atoms with E-state index in [2.05, 4.69) is 5.32 Å². The molecule has 0 aliphatic rings. The molecule has 12 N–H and O–H groups in total. The first-order valence-electron chi connectivity index (χ1n) is 20.7. The van der Waals surface area contributed by atoms with Crippen LogP contribution in [0.2, 0.25) is 0 Å². The van der Waals surface area contributed by atoms with Gasteiger partial charge in [-0.3, -0.25) is 10.4 Å². The number of furan rings is 1. The summed E-state index contributed by atoms with van der Waals surface area (Å²) in [5, 5.41) is 123. The fraction of sp³-hybridized carbons (Fsp3) is 0.0385. The summed E-state index contributed by atoms with van der Waals surface area (Å²) in [6.07, 6.45) is -0.600. The first kappa shape index (κ1) is 41.5. The first-order valence-corrected chi connectivity index (χ1v) is 20.7. The Balaban J connectivity index is 1.18. The van der Waals surface area contributed by atoms with E-state index in [-0.39, 0.29) is 22.5 Å². The second kappa shape index (κ2) is 15.6. The number of phenolic OH excluding ortho intramolecular Hbond substituents is 10. The van der Waals surface area contributed by atoms with Gasteiger partial charge in [0.15, 0.2) is 23.0 Å². The molecule has 0 amide bonds. The third-order valence-corrected chi connectivity index (χ3v) is 12.0. The molecule has 0 bridgehead atoms. The minimum Gasteiger partial charge on any atom is -0.504 e. The number of aromatic nitrogens is 1. The SMILES string of the molecule is CC(=NC(NC(=N)c1ccc2oc3ccc(-n4c5ccccc5c5cc(-c6c(O)c(O)c(O)c(O)c6O)cc(-c6c(O)c(O)c(O)c(O)c6O)c54)cc3c2c1)c1ccccc1)c1ccccc1. The Morgan fingerprint density at radius 3 is 1.70 bits per heavy atom. The van der Waals surface area contributed by atoms with E-state index in [9.17, 15) is 56.5 Å². The van der Waals surface area contributed by atoms with Crippen molar-refractivity contribution < 1.29 is 55.5 Å². The maximum Gasteiger partial charge on any atom is 0.208 e. The number of rotatable bonds is 8. The van der Waals surface area contributed by atoms with Gasteiger partial charge in [-0.25, -0.2) is 0 Å². The lowest BCUT2D eigenvalue weighted by molar-refractivity contribution is 0.330. The van der Waals surface area contributed by atoms with E-state index >= 15 is 0 Å². The summed E-state index contributed by atoms with van der Waals surface area (Å²) in [4.78, 5) is 4.99. The quantitative estimate of drug-likeness (QED) is 0.0294. The molecule has 0 aliphatic carbocycles. The van der Waals surface area contributed by atoms with E-state index < -0.39 is 74.8 Å². The minimum absolute atomic E-state index is 0.0982. The first-order chi connectivity index (χ1) is 32.2. The van der Waals surface area contributed by atoms with Crippen molar-refractivity contribution in [2.24, 2.45) is 4.99 Å². The largest absolute Gasteiger partial charge is 0.504 e. The Bertz CT molecular complexity index is 3650. The molecule has 10 rings (SSSR count). The van der Waals surface area contributed by atoms with Crippen LogP contribution in [0.4, 0.5) is 0 Å². The molecule has 1 unspecified atom stereocenters. The monoisotopic (exact) mass is 894 g/mol. The zero-order valence-corrected chi connectivity index (χ0v) is 35.1. The standard InChI is InChI=1S/C52H38N4O11/c1-24(25-10-4-2-5-11-25)54-52(26-12-6-3-7-13-26)55-51(53)27-16-18-36-31(20-27)32-23-29(17-19-37(32)67-36)56-35-15-9-8-14-30(35)33-21-28(38-41(57)45(61)49(65)46(62)42(38)58)22-34(40(33)56)39-43(59)47(63)50(66)48(64)44(39)60/h2-23,52,57-66H,1H3,(H2,53,55). The van der Waals surface area contributed by atoms with Crippen molar-refractivity contribution in [3.8, 4) is 85.4 Å². The molecule has 0 saturated heterocycles. The van der Waals surface area contributed by atoms with Crippen LogP contribution in [-0.4, -0.2) is 67.2 Å². The summed E-state index contributed by atoms with van der Waals surface area (Å²) in [6, 6.07) is 39.9. The summed E-state index contributed by atoms with van der Waals surface area (Å²) in [7, 11) is 0. The topological polar surface area (TPSA) is 269 Å². The van der Waals surface area contributed by atoms with Gasteiger partial charge < -0.3 is 65.4 Å². The minimum atomic E-state index is -1.21. The molecule has 0 spiro atoms. The van der Waals surface area contributed by atoms with Gasteiger partial charge in [-0.2, -0.15) is 0 Å². The highest BCUT2D eigenvalue weighted by Crippen LogP contribution is 2.59. The van der Waals surface area contributed by atoms with E-state index in [1.165, 1.54) is 12.1 Å². The van der Waals surface area contributed by atoms with Gasteiger partial charge in [-0.1, -0.05) is 78.9 Å². The maximum atomic E-state index is 11.4. The van der Waals surface area contributed by atoms with E-state index in [0.29, 0.717) is 49.5 Å². The predicted octanol–water partition coefficient (Wildman–Crippen LogP) is 10.2. The van der Waals surface area contributed by atoms with E-state index in [4.69, 9.17) is 9.41 Å². The summed E-state index contributed by atoms with van der Waals surface area (Å²) in [6.45, 7) is 1.92. The number of nitrogens with zero attached hydrogens (tertiary/aromatic N) is 2. The summed E-state index contributed by atoms with van der Waals surface area (Å²) in [5.41, 5.74) is 3.99. The lowest BCUT2D eigenvalue weighted by Gasteiger charge is -2.19. The van der Waals surface area contributed by atoms with Crippen molar-refractivity contribution in [1.29, 1.82) is 5.41 Å². The molecule has 2 heterocycles. The van der Waals surface area contributed by atoms with Gasteiger partial charge >= 0.3 is 0 Å². The molecule has 67 heavy (non-hydrogen) atoms. The number of hydrogen-bond acceptors (Lipinski definition) is 13. The van der Waals surface area contributed by atoms with Gasteiger partial charge in [0.2, 0.25) is 34.5 Å². The van der Waals surface area contributed by atoms with Crippen LogP contribution in [0, 0.1) is 5.41 Å². The molecule has 0 aliphatic heterocycles. The molecule has 15 heteroatoms. The smallest absolute Gasteiger partial charge is 0.208 e. The molecular weight excluding hydrogens is 857 g/mol. The number of benzene rings is 8. The summed E-state index contributed by atoms with van der Waals surface area (Å²) < 4.78 is 8.05. The van der Waals surface area contributed by atoms with Gasteiger partial charge in [0.1, 0.15) is 23.2 Å². The van der Waals surface area contributed by atoms with E-state index in [1.54, 1.807) is 53.1 Å². The van der Waals surface area contributed by atoms with Crippen LogP contribution in [-0.2, 0) is 0 Å². The van der Waals surface area contributed by atoms with Crippen molar-refractivity contribution in [2.75, 3.05) is 0 Å². The highest BCUT2D eigenvalue weighted by atomic mass is 16.4. The number of amidine groups is 1. The van der Waals surface area contributed by atoms with Gasteiger partial charge in [0, 0.05) is 44.1 Å². The predicted molar refractivity (Wildman–Crippen MR) is 253 cm³/mol. The van der Waals surface area contributed by atoms with Gasteiger partial charge in [0.25, 0.3) is 0 Å². The molecule has 0 radical (unpaired) electrons. The molecule has 15 nitrogen and oxygen atoms in total. The van der Waals surface area contributed by atoms with Crippen LogP contribution >= 0.6 is 0 Å². The van der Waals surface area contributed by atoms with Crippen molar-refractivity contribution in [3.63, 3.8) is 0 Å². The molecule has 10 aromatic rings. The number of fused-ring (bicyclic) bond motifs is 6. The molecule has 0 saturated carbocycles. The van der Waals surface area contributed by atoms with Crippen LogP contribution in [0.1, 0.15) is 29.8 Å². The number of aromatic hydroxyl groups is 10. The van der Waals surface area contributed by atoms with E-state index in [0.717, 1.165) is 16.8 Å². The highest BCUT2D eigenvalue weighted by molar-refractivity contribution is 6.17. The summed E-state index contributed by atoms with van der Waals surface area (Å²) in [5.74, 6) is -11.1. The normalized spacial score (nSPS) is 12.3. The number of phenols is 10. The van der Waals surface area contributed by atoms with Gasteiger partial charge in [-0.15, -0.1) is 0 Å². The average molecular weight is 895 g/mol. The van der Waals surface area contributed by atoms with Crippen LogP contribution in [0.3, 0.4) is 0 Å². The third kappa shape index (κ3) is 6.60. The number of aliphatic imine (C=N–C) groups is 1. The summed E-state index contributed by atoms with van der Waals surface area (Å²) >= 11 is 0. The highest BCUT2D eigenvalue weighted by Gasteiger charge is 2.31. The Labute approximate surface area is 378 Å². The molecule has 2 aromatic heterocycles. The van der Waals surface area contributed by atoms with Crippen molar-refractivity contribution in [3.05, 3.63) is 150 Å². The maximum absolute atomic E-state index is 11.4. The van der Waals surface area contributed by atoms with Crippen LogP contribution in [0.25, 0.3) is 71.7 Å². The van der Waals surface area contributed by atoms with Crippen LogP contribution in [0.5, 0.6) is 57.5 Å².